The summed E-state index contributed by atoms with van der Waals surface area (Å²) in [5.41, 5.74) is 1.31. The van der Waals surface area contributed by atoms with Crippen molar-refractivity contribution in [2.45, 2.75) is 31.6 Å². The largest absolute Gasteiger partial charge is 0.480 e. The summed E-state index contributed by atoms with van der Waals surface area (Å²) in [7, 11) is 0. The Morgan fingerprint density at radius 1 is 1.39 bits per heavy atom. The highest BCUT2D eigenvalue weighted by Crippen LogP contribution is 2.10. The number of aliphatic carboxylic acids is 1. The standard InChI is InChI=1S/C14H21NO2S/c1-2-6-13(14(16)17)15-9-10-18-11-12-7-4-3-5-8-12/h3-5,7-8,13,15H,2,6,9-11H2,1H3,(H,16,17). The first-order chi connectivity index (χ1) is 8.74. The summed E-state index contributed by atoms with van der Waals surface area (Å²) in [5.74, 6) is 1.17. The van der Waals surface area contributed by atoms with Crippen molar-refractivity contribution in [1.82, 2.24) is 5.32 Å². The third kappa shape index (κ3) is 6.07. The predicted octanol–water partition coefficient (Wildman–Crippen LogP) is 2.76. The molecule has 1 unspecified atom stereocenters. The second kappa shape index (κ2) is 9.00. The van der Waals surface area contributed by atoms with Crippen LogP contribution in [-0.2, 0) is 10.5 Å². The highest BCUT2D eigenvalue weighted by Gasteiger charge is 2.14. The number of thioether (sulfide) groups is 1. The Kier molecular flexibility index (Phi) is 7.53. The van der Waals surface area contributed by atoms with Crippen LogP contribution >= 0.6 is 11.8 Å². The lowest BCUT2D eigenvalue weighted by atomic mass is 10.2. The van der Waals surface area contributed by atoms with E-state index in [0.29, 0.717) is 6.42 Å². The second-order valence-electron chi connectivity index (χ2n) is 4.17. The molecular formula is C14H21NO2S. The molecule has 18 heavy (non-hydrogen) atoms. The van der Waals surface area contributed by atoms with Gasteiger partial charge < -0.3 is 10.4 Å². The Labute approximate surface area is 113 Å². The molecule has 0 saturated heterocycles. The number of carboxylic acids is 1. The molecule has 0 saturated carbocycles. The van der Waals surface area contributed by atoms with Gasteiger partial charge in [0.15, 0.2) is 0 Å². The fourth-order valence-corrected chi connectivity index (χ4v) is 2.51. The SMILES string of the molecule is CCCC(NCCSCc1ccccc1)C(=O)O. The number of benzene rings is 1. The molecule has 0 bridgehead atoms. The lowest BCUT2D eigenvalue weighted by Crippen LogP contribution is -2.37. The van der Waals surface area contributed by atoms with E-state index in [-0.39, 0.29) is 0 Å². The molecule has 0 fully saturated rings. The van der Waals surface area contributed by atoms with E-state index in [1.807, 2.05) is 36.9 Å². The van der Waals surface area contributed by atoms with Crippen LogP contribution in [0.2, 0.25) is 0 Å². The van der Waals surface area contributed by atoms with E-state index in [0.717, 1.165) is 24.5 Å². The first kappa shape index (κ1) is 15.1. The molecular weight excluding hydrogens is 246 g/mol. The van der Waals surface area contributed by atoms with Crippen molar-refractivity contribution in [3.8, 4) is 0 Å². The van der Waals surface area contributed by atoms with Crippen LogP contribution in [0, 0.1) is 0 Å². The van der Waals surface area contributed by atoms with Gasteiger partial charge in [0.25, 0.3) is 0 Å². The Morgan fingerprint density at radius 3 is 2.72 bits per heavy atom. The van der Waals surface area contributed by atoms with Crippen LogP contribution < -0.4 is 5.32 Å². The Bertz CT molecular complexity index is 343. The molecule has 0 aromatic heterocycles. The fourth-order valence-electron chi connectivity index (χ4n) is 1.67. The smallest absolute Gasteiger partial charge is 0.320 e. The summed E-state index contributed by atoms with van der Waals surface area (Å²) < 4.78 is 0. The van der Waals surface area contributed by atoms with Crippen LogP contribution in [-0.4, -0.2) is 29.4 Å². The quantitative estimate of drug-likeness (QED) is 0.675. The molecule has 0 aliphatic heterocycles. The molecule has 1 rings (SSSR count). The normalized spacial score (nSPS) is 12.3. The maximum Gasteiger partial charge on any atom is 0.320 e. The molecule has 0 aliphatic carbocycles. The van der Waals surface area contributed by atoms with Crippen LogP contribution in [0.5, 0.6) is 0 Å². The number of rotatable bonds is 9. The third-order valence-electron chi connectivity index (χ3n) is 2.62. The van der Waals surface area contributed by atoms with Gasteiger partial charge in [-0.25, -0.2) is 0 Å². The van der Waals surface area contributed by atoms with Gasteiger partial charge in [-0.05, 0) is 12.0 Å². The fraction of sp³-hybridized carbons (Fsp3) is 0.500. The van der Waals surface area contributed by atoms with Crippen molar-refractivity contribution in [2.24, 2.45) is 0 Å². The zero-order valence-corrected chi connectivity index (χ0v) is 11.6. The van der Waals surface area contributed by atoms with Gasteiger partial charge in [0.1, 0.15) is 6.04 Å². The average molecular weight is 267 g/mol. The Balaban J connectivity index is 2.12. The lowest BCUT2D eigenvalue weighted by Gasteiger charge is -2.12. The number of nitrogens with one attached hydrogen (secondary N) is 1. The Morgan fingerprint density at radius 2 is 2.11 bits per heavy atom. The van der Waals surface area contributed by atoms with Crippen molar-refractivity contribution in [3.05, 3.63) is 35.9 Å². The van der Waals surface area contributed by atoms with Gasteiger partial charge in [-0.2, -0.15) is 11.8 Å². The van der Waals surface area contributed by atoms with Gasteiger partial charge in [0.2, 0.25) is 0 Å². The van der Waals surface area contributed by atoms with Crippen molar-refractivity contribution in [1.29, 1.82) is 0 Å². The average Bonchev–Trinajstić information content (AvgIpc) is 2.38. The van der Waals surface area contributed by atoms with Gasteiger partial charge in [-0.1, -0.05) is 43.7 Å². The van der Waals surface area contributed by atoms with E-state index in [1.165, 1.54) is 5.56 Å². The van der Waals surface area contributed by atoms with Crippen molar-refractivity contribution < 1.29 is 9.90 Å². The molecule has 1 atom stereocenters. The minimum Gasteiger partial charge on any atom is -0.480 e. The van der Waals surface area contributed by atoms with Crippen LogP contribution in [0.4, 0.5) is 0 Å². The van der Waals surface area contributed by atoms with Crippen LogP contribution in [0.1, 0.15) is 25.3 Å². The molecule has 2 N–H and O–H groups in total. The highest BCUT2D eigenvalue weighted by molar-refractivity contribution is 7.98. The van der Waals surface area contributed by atoms with Crippen LogP contribution in [0.3, 0.4) is 0 Å². The van der Waals surface area contributed by atoms with Gasteiger partial charge in [0.05, 0.1) is 0 Å². The number of carboxylic acid groups (broad SMARTS) is 1. The maximum absolute atomic E-state index is 10.9. The summed E-state index contributed by atoms with van der Waals surface area (Å²) in [4.78, 5) is 10.9. The minimum absolute atomic E-state index is 0.396. The minimum atomic E-state index is -0.745. The first-order valence-corrected chi connectivity index (χ1v) is 7.47. The molecule has 3 nitrogen and oxygen atoms in total. The number of hydrogen-bond acceptors (Lipinski definition) is 3. The molecule has 0 amide bonds. The first-order valence-electron chi connectivity index (χ1n) is 6.32. The zero-order chi connectivity index (χ0) is 13.2. The van der Waals surface area contributed by atoms with Gasteiger partial charge in [0, 0.05) is 18.1 Å². The Hall–Kier alpha value is -1.00. The van der Waals surface area contributed by atoms with Gasteiger partial charge in [-0.15, -0.1) is 0 Å². The number of carbonyl (C=O) groups is 1. The molecule has 100 valence electrons. The number of hydrogen-bond donors (Lipinski definition) is 2. The third-order valence-corrected chi connectivity index (χ3v) is 3.65. The molecule has 0 spiro atoms. The van der Waals surface area contributed by atoms with E-state index < -0.39 is 12.0 Å². The topological polar surface area (TPSA) is 49.3 Å². The maximum atomic E-state index is 10.9. The summed E-state index contributed by atoms with van der Waals surface area (Å²) >= 11 is 1.82. The van der Waals surface area contributed by atoms with E-state index in [4.69, 9.17) is 5.11 Å². The van der Waals surface area contributed by atoms with Gasteiger partial charge in [-0.3, -0.25) is 4.79 Å². The van der Waals surface area contributed by atoms with Crippen LogP contribution in [0.25, 0.3) is 0 Å². The molecule has 1 aromatic carbocycles. The second-order valence-corrected chi connectivity index (χ2v) is 5.28. The summed E-state index contributed by atoms with van der Waals surface area (Å²) in [6, 6.07) is 9.91. The van der Waals surface area contributed by atoms with Crippen molar-refractivity contribution in [3.63, 3.8) is 0 Å². The molecule has 0 heterocycles. The van der Waals surface area contributed by atoms with E-state index in [1.54, 1.807) is 0 Å². The predicted molar refractivity (Wildman–Crippen MR) is 76.9 cm³/mol. The molecule has 0 radical (unpaired) electrons. The molecule has 0 aliphatic rings. The van der Waals surface area contributed by atoms with E-state index >= 15 is 0 Å². The summed E-state index contributed by atoms with van der Waals surface area (Å²) in [5, 5.41) is 12.1. The molecule has 1 aromatic rings. The van der Waals surface area contributed by atoms with Crippen LogP contribution in [0.15, 0.2) is 30.3 Å². The monoisotopic (exact) mass is 267 g/mol. The summed E-state index contributed by atoms with van der Waals surface area (Å²) in [6.07, 6.45) is 1.58. The lowest BCUT2D eigenvalue weighted by molar-refractivity contribution is -0.139. The van der Waals surface area contributed by atoms with E-state index in [9.17, 15) is 4.79 Å². The van der Waals surface area contributed by atoms with Crippen molar-refractivity contribution >= 4 is 17.7 Å². The molecule has 4 heteroatoms. The van der Waals surface area contributed by atoms with Crippen molar-refractivity contribution in [2.75, 3.05) is 12.3 Å². The highest BCUT2D eigenvalue weighted by atomic mass is 32.2. The summed E-state index contributed by atoms with van der Waals surface area (Å²) in [6.45, 7) is 2.75. The van der Waals surface area contributed by atoms with Gasteiger partial charge >= 0.3 is 5.97 Å². The van der Waals surface area contributed by atoms with E-state index in [2.05, 4.69) is 17.4 Å². The zero-order valence-electron chi connectivity index (χ0n) is 10.8.